The number of amides is 1. The number of thiazole rings is 1. The molecule has 3 heterocycles. The summed E-state index contributed by atoms with van der Waals surface area (Å²) in [5, 5.41) is 21.1. The number of ketones is 1. The molecule has 0 spiro atoms. The molecule has 37 heavy (non-hydrogen) atoms. The van der Waals surface area contributed by atoms with Crippen molar-refractivity contribution >= 4 is 44.1 Å². The number of aliphatic hydroxyl groups is 1. The number of Topliss-reactive ketones (excluding diaryl/α,β-unsaturated/α-hetero) is 1. The van der Waals surface area contributed by atoms with Gasteiger partial charge in [0.05, 0.1) is 21.8 Å². The number of benzene rings is 3. The van der Waals surface area contributed by atoms with Crippen molar-refractivity contribution in [2.24, 2.45) is 0 Å². The van der Waals surface area contributed by atoms with E-state index < -0.39 is 35.1 Å². The van der Waals surface area contributed by atoms with Crippen LogP contribution in [0.4, 0.5) is 13.9 Å². The Morgan fingerprint density at radius 1 is 0.973 bits per heavy atom. The summed E-state index contributed by atoms with van der Waals surface area (Å²) < 4.78 is 39.0. The van der Waals surface area contributed by atoms with E-state index in [9.17, 15) is 28.6 Å². The first-order valence-corrected chi connectivity index (χ1v) is 11.9. The maximum atomic E-state index is 13.8. The molecule has 6 rings (SSSR count). The number of rotatable bonds is 3. The molecule has 1 aromatic heterocycles. The number of anilines is 1. The molecule has 0 bridgehead atoms. The highest BCUT2D eigenvalue weighted by Crippen LogP contribution is 2.45. The van der Waals surface area contributed by atoms with Gasteiger partial charge in [-0.1, -0.05) is 23.5 Å². The Bertz CT molecular complexity index is 1590. The lowest BCUT2D eigenvalue weighted by atomic mass is 9.95. The Labute approximate surface area is 211 Å². The Morgan fingerprint density at radius 3 is 2.43 bits per heavy atom. The van der Waals surface area contributed by atoms with E-state index in [0.717, 1.165) is 28.4 Å². The highest BCUT2D eigenvalue weighted by molar-refractivity contribution is 7.22. The van der Waals surface area contributed by atoms with E-state index in [1.807, 2.05) is 0 Å². The van der Waals surface area contributed by atoms with Crippen LogP contribution in [0.15, 0.2) is 60.2 Å². The standard InChI is InChI=1S/C26H16F2N2O6S/c27-15-10-17-20(11-16(15)28)37-26(29-17)30-22(12-1-4-14(31)5-2-12)21(24(33)25(30)34)23(32)13-3-6-18-19(9-13)36-8-7-35-18/h1-6,9-11,22,31-32H,7-8H2/b23-21+. The molecule has 0 saturated carbocycles. The van der Waals surface area contributed by atoms with Crippen LogP contribution in [-0.2, 0) is 9.59 Å². The zero-order valence-electron chi connectivity index (χ0n) is 18.8. The zero-order chi connectivity index (χ0) is 25.8. The minimum absolute atomic E-state index is 0.0152. The van der Waals surface area contributed by atoms with Gasteiger partial charge < -0.3 is 19.7 Å². The summed E-state index contributed by atoms with van der Waals surface area (Å²) in [5.41, 5.74) is 0.508. The molecule has 1 fully saturated rings. The van der Waals surface area contributed by atoms with Gasteiger partial charge >= 0.3 is 5.91 Å². The Hall–Kier alpha value is -4.51. The van der Waals surface area contributed by atoms with Crippen molar-refractivity contribution in [3.8, 4) is 17.2 Å². The quantitative estimate of drug-likeness (QED) is 0.229. The second kappa shape index (κ2) is 8.56. The first-order chi connectivity index (χ1) is 17.8. The predicted octanol–water partition coefficient (Wildman–Crippen LogP) is 4.68. The lowest BCUT2D eigenvalue weighted by Gasteiger charge is -2.23. The smallest absolute Gasteiger partial charge is 0.301 e. The van der Waals surface area contributed by atoms with E-state index in [2.05, 4.69) is 4.98 Å². The van der Waals surface area contributed by atoms with Crippen molar-refractivity contribution in [1.82, 2.24) is 4.98 Å². The summed E-state index contributed by atoms with van der Waals surface area (Å²) in [6.45, 7) is 0.689. The van der Waals surface area contributed by atoms with E-state index in [1.165, 1.54) is 36.4 Å². The normalized spacial score (nSPS) is 18.5. The van der Waals surface area contributed by atoms with Crippen molar-refractivity contribution in [3.05, 3.63) is 82.9 Å². The van der Waals surface area contributed by atoms with Crippen LogP contribution in [0, 0.1) is 11.6 Å². The second-order valence-corrected chi connectivity index (χ2v) is 9.36. The number of phenolic OH excluding ortho intramolecular Hbond substituents is 1. The molecule has 1 unspecified atom stereocenters. The average Bonchev–Trinajstić information content (AvgIpc) is 3.41. The number of aliphatic hydroxyl groups excluding tert-OH is 1. The monoisotopic (exact) mass is 522 g/mol. The fourth-order valence-corrected chi connectivity index (χ4v) is 5.36. The molecule has 0 radical (unpaired) electrons. The van der Waals surface area contributed by atoms with Crippen molar-refractivity contribution in [2.45, 2.75) is 6.04 Å². The zero-order valence-corrected chi connectivity index (χ0v) is 19.6. The van der Waals surface area contributed by atoms with Gasteiger partial charge in [-0.25, -0.2) is 13.8 Å². The number of hydrogen-bond acceptors (Lipinski definition) is 8. The molecule has 8 nitrogen and oxygen atoms in total. The molecule has 2 N–H and O–H groups in total. The number of carbonyl (C=O) groups is 2. The van der Waals surface area contributed by atoms with Gasteiger partial charge in [0.2, 0.25) is 0 Å². The third kappa shape index (κ3) is 3.75. The van der Waals surface area contributed by atoms with E-state index in [4.69, 9.17) is 9.47 Å². The highest BCUT2D eigenvalue weighted by atomic mass is 32.1. The topological polar surface area (TPSA) is 109 Å². The molecule has 4 aromatic rings. The summed E-state index contributed by atoms with van der Waals surface area (Å²) in [7, 11) is 0. The summed E-state index contributed by atoms with van der Waals surface area (Å²) in [4.78, 5) is 32.0. The van der Waals surface area contributed by atoms with Crippen molar-refractivity contribution in [1.29, 1.82) is 0 Å². The maximum Gasteiger partial charge on any atom is 0.301 e. The molecule has 11 heteroatoms. The second-order valence-electron chi connectivity index (χ2n) is 8.35. The minimum atomic E-state index is -1.14. The van der Waals surface area contributed by atoms with Gasteiger partial charge in [-0.15, -0.1) is 0 Å². The molecule has 0 aliphatic carbocycles. The summed E-state index contributed by atoms with van der Waals surface area (Å²) in [6, 6.07) is 11.1. The highest BCUT2D eigenvalue weighted by Gasteiger charge is 2.48. The Morgan fingerprint density at radius 2 is 1.68 bits per heavy atom. The molecule has 3 aromatic carbocycles. The Balaban J connectivity index is 1.54. The maximum absolute atomic E-state index is 13.8. The number of carbonyl (C=O) groups excluding carboxylic acids is 2. The fraction of sp³-hybridized carbons (Fsp3) is 0.115. The minimum Gasteiger partial charge on any atom is -0.508 e. The van der Waals surface area contributed by atoms with Gasteiger partial charge in [-0.3, -0.25) is 14.5 Å². The molecule has 1 saturated heterocycles. The predicted molar refractivity (Wildman–Crippen MR) is 130 cm³/mol. The van der Waals surface area contributed by atoms with Gasteiger partial charge in [-0.2, -0.15) is 0 Å². The van der Waals surface area contributed by atoms with Crippen LogP contribution in [0.3, 0.4) is 0 Å². The Kier molecular flexibility index (Phi) is 5.30. The van der Waals surface area contributed by atoms with Gasteiger partial charge in [0.25, 0.3) is 5.78 Å². The van der Waals surface area contributed by atoms with Crippen LogP contribution in [0.1, 0.15) is 17.2 Å². The van der Waals surface area contributed by atoms with Crippen molar-refractivity contribution in [2.75, 3.05) is 18.1 Å². The van der Waals surface area contributed by atoms with Gasteiger partial charge in [-0.05, 0) is 42.0 Å². The summed E-state index contributed by atoms with van der Waals surface area (Å²) in [6.07, 6.45) is 0. The van der Waals surface area contributed by atoms with Gasteiger partial charge in [0.15, 0.2) is 28.3 Å². The first kappa shape index (κ1) is 22.9. The number of halogens is 2. The SMILES string of the molecule is O=C1C(=O)N(c2nc3cc(F)c(F)cc3s2)C(c2ccc(O)cc2)/C1=C(\O)c1ccc2c(c1)OCCO2. The van der Waals surface area contributed by atoms with E-state index >= 15 is 0 Å². The van der Waals surface area contributed by atoms with Crippen molar-refractivity contribution < 1.29 is 38.1 Å². The molecule has 1 atom stereocenters. The number of fused-ring (bicyclic) bond motifs is 2. The van der Waals surface area contributed by atoms with Crippen LogP contribution in [-0.4, -0.2) is 40.1 Å². The van der Waals surface area contributed by atoms with Crippen LogP contribution in [0.5, 0.6) is 17.2 Å². The summed E-state index contributed by atoms with van der Waals surface area (Å²) >= 11 is 0.898. The van der Waals surface area contributed by atoms with E-state index in [0.29, 0.717) is 30.3 Å². The van der Waals surface area contributed by atoms with Crippen LogP contribution >= 0.6 is 11.3 Å². The lowest BCUT2D eigenvalue weighted by molar-refractivity contribution is -0.132. The molecule has 1 amide bonds. The van der Waals surface area contributed by atoms with Crippen LogP contribution in [0.2, 0.25) is 0 Å². The van der Waals surface area contributed by atoms with Crippen LogP contribution in [0.25, 0.3) is 16.0 Å². The van der Waals surface area contributed by atoms with E-state index in [1.54, 1.807) is 6.07 Å². The lowest BCUT2D eigenvalue weighted by Crippen LogP contribution is -2.29. The molecule has 2 aliphatic heterocycles. The number of aromatic nitrogens is 1. The molecular formula is C26H16F2N2O6S. The van der Waals surface area contributed by atoms with Crippen molar-refractivity contribution in [3.63, 3.8) is 0 Å². The number of hydrogen-bond donors (Lipinski definition) is 2. The third-order valence-electron chi connectivity index (χ3n) is 6.09. The number of phenols is 1. The number of nitrogens with zero attached hydrogens (tertiary/aromatic N) is 2. The van der Waals surface area contributed by atoms with E-state index in [-0.39, 0.29) is 32.2 Å². The first-order valence-electron chi connectivity index (χ1n) is 11.1. The molecule has 2 aliphatic rings. The average molecular weight is 522 g/mol. The fourth-order valence-electron chi connectivity index (χ4n) is 4.36. The number of aromatic hydroxyl groups is 1. The largest absolute Gasteiger partial charge is 0.508 e. The van der Waals surface area contributed by atoms with Gasteiger partial charge in [0.1, 0.15) is 24.7 Å². The number of ether oxygens (including phenoxy) is 2. The molecular weight excluding hydrogens is 506 g/mol. The third-order valence-corrected chi connectivity index (χ3v) is 7.11. The summed E-state index contributed by atoms with van der Waals surface area (Å²) in [5.74, 6) is -3.75. The molecule has 186 valence electrons. The van der Waals surface area contributed by atoms with Gasteiger partial charge in [0, 0.05) is 11.6 Å². The van der Waals surface area contributed by atoms with Crippen LogP contribution < -0.4 is 14.4 Å².